The normalized spacial score (nSPS) is 21.6. The van der Waals surface area contributed by atoms with E-state index in [1.54, 1.807) is 0 Å². The lowest BCUT2D eigenvalue weighted by Crippen LogP contribution is -2.52. The standard InChI is InChI=1S/C26H39N5O5/c32-24(28-16-22(26(34)35)30-25(33)19-9-14-36-15-10-19)20-5-2-12-31(17-20)13-3-6-21-8-7-18-4-1-11-27-23(18)29-21/h7-8,19-20,22H,1-6,9-17H2,(H,27,29)(H,28,32)(H,30,33)(H,34,35)/t20-,22+/m1/s1. The van der Waals surface area contributed by atoms with Crippen LogP contribution >= 0.6 is 0 Å². The number of ether oxygens (including phenoxy) is 1. The molecule has 1 aromatic heterocycles. The largest absolute Gasteiger partial charge is 0.480 e. The number of rotatable bonds is 10. The summed E-state index contributed by atoms with van der Waals surface area (Å²) < 4.78 is 5.26. The highest BCUT2D eigenvalue weighted by atomic mass is 16.5. The number of carboxylic acid groups (broad SMARTS) is 1. The number of amides is 2. The lowest BCUT2D eigenvalue weighted by molar-refractivity contribution is -0.143. The van der Waals surface area contributed by atoms with Gasteiger partial charge in [0.1, 0.15) is 11.9 Å². The summed E-state index contributed by atoms with van der Waals surface area (Å²) in [6.45, 7) is 4.40. The van der Waals surface area contributed by atoms with Gasteiger partial charge in [-0.2, -0.15) is 0 Å². The van der Waals surface area contributed by atoms with Gasteiger partial charge in [0.2, 0.25) is 11.8 Å². The van der Waals surface area contributed by atoms with Crippen molar-refractivity contribution >= 4 is 23.6 Å². The van der Waals surface area contributed by atoms with Crippen LogP contribution in [-0.2, 0) is 32.0 Å². The third-order valence-electron chi connectivity index (χ3n) is 7.42. The summed E-state index contributed by atoms with van der Waals surface area (Å²) in [4.78, 5) is 44.0. The zero-order valence-electron chi connectivity index (χ0n) is 21.0. The summed E-state index contributed by atoms with van der Waals surface area (Å²) in [5, 5.41) is 18.3. The van der Waals surface area contributed by atoms with Crippen LogP contribution in [0.3, 0.4) is 0 Å². The van der Waals surface area contributed by atoms with Crippen LogP contribution in [-0.4, -0.2) is 84.8 Å². The maximum atomic E-state index is 12.8. The number of carbonyl (C=O) groups is 3. The molecule has 0 unspecified atom stereocenters. The molecule has 0 aliphatic carbocycles. The van der Waals surface area contributed by atoms with Gasteiger partial charge in [0, 0.05) is 44.5 Å². The van der Waals surface area contributed by atoms with Crippen molar-refractivity contribution < 1.29 is 24.2 Å². The third-order valence-corrected chi connectivity index (χ3v) is 7.42. The zero-order valence-corrected chi connectivity index (χ0v) is 21.0. The molecule has 2 amide bonds. The molecule has 0 bridgehead atoms. The van der Waals surface area contributed by atoms with Crippen molar-refractivity contribution in [3.05, 3.63) is 23.4 Å². The number of piperidine rings is 1. The minimum atomic E-state index is -1.15. The molecule has 36 heavy (non-hydrogen) atoms. The molecule has 2 atom stereocenters. The minimum Gasteiger partial charge on any atom is -0.480 e. The molecular formula is C26H39N5O5. The number of anilines is 1. The molecule has 4 N–H and O–H groups in total. The van der Waals surface area contributed by atoms with E-state index in [2.05, 4.69) is 33.0 Å². The Labute approximate surface area is 212 Å². The first-order valence-electron chi connectivity index (χ1n) is 13.3. The van der Waals surface area contributed by atoms with E-state index in [0.717, 1.165) is 69.7 Å². The summed E-state index contributed by atoms with van der Waals surface area (Å²) in [5.74, 6) is -0.966. The second-order valence-electron chi connectivity index (χ2n) is 10.1. The number of hydrogen-bond acceptors (Lipinski definition) is 7. The van der Waals surface area contributed by atoms with Gasteiger partial charge in [-0.25, -0.2) is 9.78 Å². The molecule has 4 heterocycles. The molecule has 2 saturated heterocycles. The quantitative estimate of drug-likeness (QED) is 0.376. The summed E-state index contributed by atoms with van der Waals surface area (Å²) >= 11 is 0. The van der Waals surface area contributed by atoms with Crippen molar-refractivity contribution in [3.8, 4) is 0 Å². The first-order chi connectivity index (χ1) is 17.5. The van der Waals surface area contributed by atoms with Gasteiger partial charge in [-0.05, 0) is 76.1 Å². The number of likely N-dealkylation sites (tertiary alicyclic amines) is 1. The highest BCUT2D eigenvalue weighted by molar-refractivity contribution is 5.86. The van der Waals surface area contributed by atoms with Gasteiger partial charge in [0.15, 0.2) is 0 Å². The number of nitrogens with zero attached hydrogens (tertiary/aromatic N) is 2. The van der Waals surface area contributed by atoms with E-state index in [0.29, 0.717) is 32.6 Å². The van der Waals surface area contributed by atoms with Gasteiger partial charge in [-0.1, -0.05) is 6.07 Å². The van der Waals surface area contributed by atoms with Gasteiger partial charge >= 0.3 is 5.97 Å². The number of aliphatic carboxylic acids is 1. The lowest BCUT2D eigenvalue weighted by Gasteiger charge is -2.32. The Morgan fingerprint density at radius 1 is 1.14 bits per heavy atom. The first-order valence-corrected chi connectivity index (χ1v) is 13.3. The van der Waals surface area contributed by atoms with E-state index in [9.17, 15) is 19.5 Å². The minimum absolute atomic E-state index is 0.113. The van der Waals surface area contributed by atoms with Gasteiger partial charge < -0.3 is 30.7 Å². The number of fused-ring (bicyclic) bond motifs is 1. The first kappa shape index (κ1) is 26.3. The average Bonchev–Trinajstić information content (AvgIpc) is 2.91. The van der Waals surface area contributed by atoms with Crippen LogP contribution in [0.2, 0.25) is 0 Å². The Kier molecular flexibility index (Phi) is 9.52. The molecule has 1 aromatic rings. The molecule has 10 nitrogen and oxygen atoms in total. The Bertz CT molecular complexity index is 920. The molecule has 0 radical (unpaired) electrons. The molecule has 0 aromatic carbocycles. The van der Waals surface area contributed by atoms with Crippen molar-refractivity contribution in [1.82, 2.24) is 20.5 Å². The highest BCUT2D eigenvalue weighted by Gasteiger charge is 2.29. The topological polar surface area (TPSA) is 133 Å². The van der Waals surface area contributed by atoms with E-state index in [-0.39, 0.29) is 30.2 Å². The van der Waals surface area contributed by atoms with Crippen molar-refractivity contribution in [2.75, 3.05) is 51.3 Å². The second kappa shape index (κ2) is 13.0. The second-order valence-corrected chi connectivity index (χ2v) is 10.1. The number of nitrogens with one attached hydrogen (secondary N) is 3. The Morgan fingerprint density at radius 2 is 1.97 bits per heavy atom. The summed E-state index contributed by atoms with van der Waals surface area (Å²) in [7, 11) is 0. The fourth-order valence-corrected chi connectivity index (χ4v) is 5.26. The Hall–Kier alpha value is -2.72. The molecular weight excluding hydrogens is 462 g/mol. The van der Waals surface area contributed by atoms with E-state index in [1.807, 2.05) is 0 Å². The molecule has 2 fully saturated rings. The Balaban J connectivity index is 1.19. The SMILES string of the molecule is O=C(N[C@@H](CNC(=O)[C@@H]1CCCN(CCCc2ccc3c(n2)NCCC3)C1)C(=O)O)C1CCOCC1. The number of aryl methyl sites for hydroxylation is 2. The van der Waals surface area contributed by atoms with Crippen LogP contribution in [0.25, 0.3) is 0 Å². The summed E-state index contributed by atoms with van der Waals surface area (Å²) in [6, 6.07) is 3.17. The maximum absolute atomic E-state index is 12.8. The van der Waals surface area contributed by atoms with E-state index < -0.39 is 12.0 Å². The number of carboxylic acids is 1. The van der Waals surface area contributed by atoms with Crippen LogP contribution in [0.5, 0.6) is 0 Å². The van der Waals surface area contributed by atoms with Gasteiger partial charge in [0.25, 0.3) is 0 Å². The van der Waals surface area contributed by atoms with Crippen molar-refractivity contribution in [1.29, 1.82) is 0 Å². The molecule has 3 aliphatic rings. The molecule has 0 spiro atoms. The predicted octanol–water partition coefficient (Wildman–Crippen LogP) is 1.20. The van der Waals surface area contributed by atoms with Crippen LogP contribution in [0.4, 0.5) is 5.82 Å². The fourth-order valence-electron chi connectivity index (χ4n) is 5.26. The maximum Gasteiger partial charge on any atom is 0.328 e. The molecule has 198 valence electrons. The average molecular weight is 502 g/mol. The smallest absolute Gasteiger partial charge is 0.328 e. The van der Waals surface area contributed by atoms with Gasteiger partial charge in [0.05, 0.1) is 5.92 Å². The lowest BCUT2D eigenvalue weighted by atomic mass is 9.96. The molecule has 4 rings (SSSR count). The summed E-state index contributed by atoms with van der Waals surface area (Å²) in [5.41, 5.74) is 2.39. The number of aromatic nitrogens is 1. The van der Waals surface area contributed by atoms with Crippen molar-refractivity contribution in [2.24, 2.45) is 11.8 Å². The van der Waals surface area contributed by atoms with E-state index in [4.69, 9.17) is 9.72 Å². The van der Waals surface area contributed by atoms with Crippen LogP contribution in [0.15, 0.2) is 12.1 Å². The van der Waals surface area contributed by atoms with Crippen LogP contribution in [0.1, 0.15) is 49.8 Å². The molecule has 10 heteroatoms. The van der Waals surface area contributed by atoms with Crippen LogP contribution in [0, 0.1) is 11.8 Å². The third kappa shape index (κ3) is 7.39. The van der Waals surface area contributed by atoms with Crippen molar-refractivity contribution in [2.45, 2.75) is 57.4 Å². The van der Waals surface area contributed by atoms with Crippen LogP contribution < -0.4 is 16.0 Å². The van der Waals surface area contributed by atoms with Gasteiger partial charge in [-0.3, -0.25) is 9.59 Å². The predicted molar refractivity (Wildman–Crippen MR) is 135 cm³/mol. The van der Waals surface area contributed by atoms with Gasteiger partial charge in [-0.15, -0.1) is 0 Å². The summed E-state index contributed by atoms with van der Waals surface area (Å²) in [6.07, 6.45) is 7.00. The molecule has 3 aliphatic heterocycles. The van der Waals surface area contributed by atoms with E-state index in [1.165, 1.54) is 5.56 Å². The fraction of sp³-hybridized carbons (Fsp3) is 0.692. The van der Waals surface area contributed by atoms with E-state index >= 15 is 0 Å². The highest BCUT2D eigenvalue weighted by Crippen LogP contribution is 2.21. The number of carbonyl (C=O) groups excluding carboxylic acids is 2. The zero-order chi connectivity index (χ0) is 25.3. The number of pyridine rings is 1. The monoisotopic (exact) mass is 501 g/mol. The van der Waals surface area contributed by atoms with Crippen molar-refractivity contribution in [3.63, 3.8) is 0 Å². The molecule has 0 saturated carbocycles. The number of hydrogen-bond donors (Lipinski definition) is 4. The Morgan fingerprint density at radius 3 is 2.78 bits per heavy atom.